The fraction of sp³-hybridized carbons (Fsp3) is 0.929. The lowest BCUT2D eigenvalue weighted by Crippen LogP contribution is -2.63. The molecule has 0 aromatic carbocycles. The Kier molecular flexibility index (Phi) is 4.28. The highest BCUT2D eigenvalue weighted by Gasteiger charge is 2.52. The van der Waals surface area contributed by atoms with Crippen molar-refractivity contribution < 1.29 is 9.53 Å². The third-order valence-electron chi connectivity index (χ3n) is 4.55. The van der Waals surface area contributed by atoms with Crippen molar-refractivity contribution in [3.63, 3.8) is 0 Å². The molecule has 0 aromatic rings. The number of nitrogens with zero attached hydrogens (tertiary/aromatic N) is 1. The first-order valence-corrected chi connectivity index (χ1v) is 7.29. The molecule has 4 nitrogen and oxygen atoms in total. The third kappa shape index (κ3) is 2.41. The number of esters is 1. The highest BCUT2D eigenvalue weighted by atomic mass is 16.5. The number of ether oxygens (including phenoxy) is 1. The van der Waals surface area contributed by atoms with Gasteiger partial charge in [-0.25, -0.2) is 0 Å². The number of hydrogen-bond donors (Lipinski definition) is 1. The number of carbonyl (C=O) groups excluding carboxylic acids is 1. The molecule has 4 heteroatoms. The smallest absolute Gasteiger partial charge is 0.326 e. The molecule has 2 heterocycles. The molecule has 0 amide bonds. The van der Waals surface area contributed by atoms with Gasteiger partial charge in [0.2, 0.25) is 0 Å². The zero-order valence-electron chi connectivity index (χ0n) is 11.9. The van der Waals surface area contributed by atoms with Crippen LogP contribution in [0.4, 0.5) is 0 Å². The molecule has 2 saturated heterocycles. The Morgan fingerprint density at radius 1 is 1.50 bits per heavy atom. The van der Waals surface area contributed by atoms with E-state index in [1.165, 1.54) is 0 Å². The summed E-state index contributed by atoms with van der Waals surface area (Å²) in [6.07, 6.45) is 3.04. The second kappa shape index (κ2) is 5.57. The van der Waals surface area contributed by atoms with Crippen LogP contribution in [0.15, 0.2) is 0 Å². The molecule has 4 atom stereocenters. The topological polar surface area (TPSA) is 41.6 Å². The van der Waals surface area contributed by atoms with Crippen LogP contribution in [-0.2, 0) is 9.53 Å². The van der Waals surface area contributed by atoms with Gasteiger partial charge in [-0.15, -0.1) is 0 Å². The molecule has 2 fully saturated rings. The van der Waals surface area contributed by atoms with Crippen LogP contribution in [0.3, 0.4) is 0 Å². The molecule has 4 unspecified atom stereocenters. The molecule has 0 spiro atoms. The van der Waals surface area contributed by atoms with Crippen LogP contribution >= 0.6 is 0 Å². The first kappa shape index (κ1) is 13.8. The molecule has 0 aliphatic carbocycles. The van der Waals surface area contributed by atoms with Crippen LogP contribution in [0.5, 0.6) is 0 Å². The minimum absolute atomic E-state index is 0.0307. The molecule has 0 radical (unpaired) electrons. The number of rotatable bonds is 5. The van der Waals surface area contributed by atoms with Crippen LogP contribution in [-0.4, -0.2) is 48.7 Å². The summed E-state index contributed by atoms with van der Waals surface area (Å²) in [4.78, 5) is 14.9. The predicted molar refractivity (Wildman–Crippen MR) is 71.4 cm³/mol. The van der Waals surface area contributed by atoms with Crippen molar-refractivity contribution in [1.82, 2.24) is 10.2 Å². The summed E-state index contributed by atoms with van der Waals surface area (Å²) in [5, 5.41) is 3.59. The summed E-state index contributed by atoms with van der Waals surface area (Å²) in [6.45, 7) is 9.86. The Hall–Kier alpha value is -0.610. The Bertz CT molecular complexity index is 308. The molecular weight excluding hydrogens is 228 g/mol. The average Bonchev–Trinajstić information content (AvgIpc) is 2.77. The quantitative estimate of drug-likeness (QED) is 0.753. The number of fused-ring (bicyclic) bond motifs is 2. The van der Waals surface area contributed by atoms with Gasteiger partial charge in [-0.2, -0.15) is 0 Å². The zero-order valence-corrected chi connectivity index (χ0v) is 11.9. The van der Waals surface area contributed by atoms with Gasteiger partial charge in [0, 0.05) is 25.0 Å². The van der Waals surface area contributed by atoms with Crippen molar-refractivity contribution in [2.24, 2.45) is 5.92 Å². The van der Waals surface area contributed by atoms with E-state index in [-0.39, 0.29) is 5.97 Å². The number of nitrogens with one attached hydrogen (secondary N) is 1. The number of hydrogen-bond acceptors (Lipinski definition) is 4. The molecule has 1 N–H and O–H groups in total. The summed E-state index contributed by atoms with van der Waals surface area (Å²) >= 11 is 0. The monoisotopic (exact) mass is 254 g/mol. The minimum atomic E-state index is -0.432. The average molecular weight is 254 g/mol. The highest BCUT2D eigenvalue weighted by molar-refractivity contribution is 5.82. The Morgan fingerprint density at radius 3 is 2.94 bits per heavy atom. The normalized spacial score (nSPS) is 36.4. The fourth-order valence-electron chi connectivity index (χ4n) is 3.30. The van der Waals surface area contributed by atoms with Gasteiger partial charge in [0.1, 0.15) is 5.54 Å². The van der Waals surface area contributed by atoms with Crippen LogP contribution in [0.25, 0.3) is 0 Å². The summed E-state index contributed by atoms with van der Waals surface area (Å²) in [5.74, 6) is 0.385. The Labute approximate surface area is 110 Å². The SMILES string of the molecule is CCOC(=O)C1(NC(C)CC)CCN2CCC1C2. The summed E-state index contributed by atoms with van der Waals surface area (Å²) in [5.41, 5.74) is -0.432. The fourth-order valence-corrected chi connectivity index (χ4v) is 3.30. The molecule has 2 bridgehead atoms. The van der Waals surface area contributed by atoms with E-state index in [0.717, 1.165) is 38.9 Å². The van der Waals surface area contributed by atoms with Gasteiger partial charge in [0.15, 0.2) is 0 Å². The van der Waals surface area contributed by atoms with Crippen molar-refractivity contribution >= 4 is 5.97 Å². The van der Waals surface area contributed by atoms with Crippen LogP contribution < -0.4 is 5.32 Å². The van der Waals surface area contributed by atoms with E-state index in [4.69, 9.17) is 4.74 Å². The van der Waals surface area contributed by atoms with E-state index in [1.54, 1.807) is 0 Å². The highest BCUT2D eigenvalue weighted by Crippen LogP contribution is 2.37. The van der Waals surface area contributed by atoms with E-state index in [1.807, 2.05) is 6.92 Å². The molecule has 2 rings (SSSR count). The first-order chi connectivity index (χ1) is 8.62. The maximum absolute atomic E-state index is 12.5. The van der Waals surface area contributed by atoms with Gasteiger partial charge in [-0.3, -0.25) is 10.1 Å². The molecule has 2 aliphatic heterocycles. The standard InChI is InChI=1S/C14H26N2O2/c1-4-11(3)15-14(13(17)18-5-2)7-9-16-8-6-12(14)10-16/h11-12,15H,4-10H2,1-3H3. The minimum Gasteiger partial charge on any atom is -0.465 e. The summed E-state index contributed by atoms with van der Waals surface area (Å²) in [6, 6.07) is 0.363. The molecule has 18 heavy (non-hydrogen) atoms. The maximum Gasteiger partial charge on any atom is 0.326 e. The Morgan fingerprint density at radius 2 is 2.28 bits per heavy atom. The molecule has 2 aliphatic rings. The van der Waals surface area contributed by atoms with E-state index in [2.05, 4.69) is 24.1 Å². The zero-order chi connectivity index (χ0) is 13.2. The molecule has 104 valence electrons. The summed E-state index contributed by atoms with van der Waals surface area (Å²) < 4.78 is 5.36. The van der Waals surface area contributed by atoms with Crippen molar-refractivity contribution in [3.8, 4) is 0 Å². The molecule has 0 aromatic heterocycles. The van der Waals surface area contributed by atoms with Crippen LogP contribution in [0.2, 0.25) is 0 Å². The van der Waals surface area contributed by atoms with Crippen molar-refractivity contribution in [3.05, 3.63) is 0 Å². The van der Waals surface area contributed by atoms with Gasteiger partial charge in [0.25, 0.3) is 0 Å². The van der Waals surface area contributed by atoms with Crippen molar-refractivity contribution in [1.29, 1.82) is 0 Å². The van der Waals surface area contributed by atoms with Gasteiger partial charge in [0.05, 0.1) is 6.61 Å². The van der Waals surface area contributed by atoms with E-state index in [0.29, 0.717) is 18.6 Å². The molecular formula is C14H26N2O2. The Balaban J connectivity index is 2.18. The van der Waals surface area contributed by atoms with Crippen molar-refractivity contribution in [2.75, 3.05) is 26.2 Å². The van der Waals surface area contributed by atoms with Crippen LogP contribution in [0, 0.1) is 5.92 Å². The lowest BCUT2D eigenvalue weighted by atomic mass is 9.78. The number of carbonyl (C=O) groups is 1. The van der Waals surface area contributed by atoms with Crippen molar-refractivity contribution in [2.45, 2.75) is 51.6 Å². The first-order valence-electron chi connectivity index (χ1n) is 7.29. The second-order valence-electron chi connectivity index (χ2n) is 5.68. The van der Waals surface area contributed by atoms with Crippen LogP contribution in [0.1, 0.15) is 40.0 Å². The predicted octanol–water partition coefficient (Wildman–Crippen LogP) is 1.40. The lowest BCUT2D eigenvalue weighted by Gasteiger charge is -2.43. The maximum atomic E-state index is 12.5. The second-order valence-corrected chi connectivity index (χ2v) is 5.68. The van der Waals surface area contributed by atoms with E-state index >= 15 is 0 Å². The van der Waals surface area contributed by atoms with E-state index in [9.17, 15) is 4.79 Å². The third-order valence-corrected chi connectivity index (χ3v) is 4.55. The lowest BCUT2D eigenvalue weighted by molar-refractivity contribution is -0.156. The van der Waals surface area contributed by atoms with Gasteiger partial charge in [-0.1, -0.05) is 6.92 Å². The number of piperidine rings is 1. The molecule has 0 saturated carbocycles. The van der Waals surface area contributed by atoms with Gasteiger partial charge < -0.3 is 9.64 Å². The van der Waals surface area contributed by atoms with E-state index < -0.39 is 5.54 Å². The van der Waals surface area contributed by atoms with Gasteiger partial charge >= 0.3 is 5.97 Å². The van der Waals surface area contributed by atoms with Gasteiger partial charge in [-0.05, 0) is 39.7 Å². The largest absolute Gasteiger partial charge is 0.465 e. The summed E-state index contributed by atoms with van der Waals surface area (Å²) in [7, 11) is 0.